The van der Waals surface area contributed by atoms with Gasteiger partial charge in [0.15, 0.2) is 5.82 Å². The summed E-state index contributed by atoms with van der Waals surface area (Å²) in [7, 11) is 0. The normalized spacial score (nSPS) is 12.8. The van der Waals surface area contributed by atoms with Gasteiger partial charge in [-0.3, -0.25) is 14.9 Å². The number of aryl methyl sites for hydroxylation is 1. The number of benzene rings is 1. The Bertz CT molecular complexity index is 1160. The minimum absolute atomic E-state index is 0.231. The number of carbonyl (C=O) groups excluding carboxylic acids is 1. The number of nitrogens with one attached hydrogen (secondary N) is 2. The van der Waals surface area contributed by atoms with E-state index in [4.69, 9.17) is 4.52 Å². The van der Waals surface area contributed by atoms with E-state index in [0.29, 0.717) is 17.3 Å². The molecule has 1 atom stereocenters. The van der Waals surface area contributed by atoms with E-state index >= 15 is 0 Å². The number of rotatable bonds is 4. The van der Waals surface area contributed by atoms with Crippen molar-refractivity contribution in [3.63, 3.8) is 0 Å². The van der Waals surface area contributed by atoms with E-state index in [2.05, 4.69) is 35.6 Å². The zero-order chi connectivity index (χ0) is 20.6. The van der Waals surface area contributed by atoms with Crippen LogP contribution in [0.5, 0.6) is 0 Å². The Labute approximate surface area is 167 Å². The highest BCUT2D eigenvalue weighted by atomic mass is 16.5. The highest BCUT2D eigenvalue weighted by Gasteiger charge is 2.33. The van der Waals surface area contributed by atoms with Crippen LogP contribution >= 0.6 is 0 Å². The number of hydrogen-bond donors (Lipinski definition) is 2. The van der Waals surface area contributed by atoms with Crippen molar-refractivity contribution in [1.82, 2.24) is 35.6 Å². The zero-order valence-electron chi connectivity index (χ0n) is 16.6. The van der Waals surface area contributed by atoms with Crippen molar-refractivity contribution in [2.45, 2.75) is 33.7 Å². The molecule has 0 aliphatic heterocycles. The number of aromatic amines is 1. The third-order valence-corrected chi connectivity index (χ3v) is 4.55. The lowest BCUT2D eigenvalue weighted by Gasteiger charge is -2.28. The number of aromatic nitrogens is 6. The smallest absolute Gasteiger partial charge is 0.252 e. The molecule has 0 aliphatic rings. The van der Waals surface area contributed by atoms with Crippen LogP contribution in [0.25, 0.3) is 22.6 Å². The number of pyridine rings is 1. The molecule has 9 heteroatoms. The molecule has 9 nitrogen and oxygen atoms in total. The van der Waals surface area contributed by atoms with Gasteiger partial charge in [-0.1, -0.05) is 44.1 Å². The number of para-hydroxylation sites is 1. The van der Waals surface area contributed by atoms with E-state index in [1.165, 1.54) is 6.33 Å². The maximum Gasteiger partial charge on any atom is 0.252 e. The molecule has 3 heterocycles. The van der Waals surface area contributed by atoms with Gasteiger partial charge < -0.3 is 9.84 Å². The molecule has 2 N–H and O–H groups in total. The Kier molecular flexibility index (Phi) is 4.57. The van der Waals surface area contributed by atoms with Crippen LogP contribution in [0.3, 0.4) is 0 Å². The Hall–Kier alpha value is -3.62. The number of H-pyrrole nitrogens is 1. The second-order valence-electron chi connectivity index (χ2n) is 7.89. The lowest BCUT2D eigenvalue weighted by Crippen LogP contribution is -2.37. The lowest BCUT2D eigenvalue weighted by atomic mass is 9.86. The largest absolute Gasteiger partial charge is 0.340 e. The van der Waals surface area contributed by atoms with Crippen molar-refractivity contribution in [3.8, 4) is 11.6 Å². The maximum absolute atomic E-state index is 13.2. The molecule has 3 aromatic heterocycles. The first-order chi connectivity index (χ1) is 13.8. The summed E-state index contributed by atoms with van der Waals surface area (Å²) in [4.78, 5) is 26.2. The fraction of sp³-hybridized carbons (Fsp3) is 0.300. The summed E-state index contributed by atoms with van der Waals surface area (Å²) in [6.45, 7) is 7.84. The van der Waals surface area contributed by atoms with Crippen molar-refractivity contribution in [2.24, 2.45) is 5.41 Å². The maximum atomic E-state index is 13.2. The predicted octanol–water partition coefficient (Wildman–Crippen LogP) is 3.23. The van der Waals surface area contributed by atoms with Gasteiger partial charge in [0.1, 0.15) is 12.4 Å². The van der Waals surface area contributed by atoms with Gasteiger partial charge in [-0.15, -0.1) is 0 Å². The Morgan fingerprint density at radius 1 is 1.21 bits per heavy atom. The van der Waals surface area contributed by atoms with Gasteiger partial charge in [0, 0.05) is 11.1 Å². The van der Waals surface area contributed by atoms with E-state index in [-0.39, 0.29) is 17.1 Å². The van der Waals surface area contributed by atoms with E-state index in [0.717, 1.165) is 16.6 Å². The second kappa shape index (κ2) is 7.08. The third-order valence-electron chi connectivity index (χ3n) is 4.55. The van der Waals surface area contributed by atoms with Crippen LogP contribution in [0.4, 0.5) is 0 Å². The van der Waals surface area contributed by atoms with Crippen LogP contribution in [-0.2, 0) is 0 Å². The van der Waals surface area contributed by atoms with E-state index in [9.17, 15) is 4.79 Å². The Balaban J connectivity index is 1.69. The van der Waals surface area contributed by atoms with Gasteiger partial charge in [0.25, 0.3) is 5.91 Å². The number of fused-ring (bicyclic) bond motifs is 1. The molecule has 0 unspecified atom stereocenters. The Morgan fingerprint density at radius 3 is 2.72 bits per heavy atom. The molecule has 148 valence electrons. The van der Waals surface area contributed by atoms with Crippen LogP contribution < -0.4 is 5.32 Å². The van der Waals surface area contributed by atoms with Gasteiger partial charge >= 0.3 is 0 Å². The van der Waals surface area contributed by atoms with Gasteiger partial charge in [0.05, 0.1) is 11.1 Å². The molecule has 4 rings (SSSR count). The molecule has 0 saturated carbocycles. The second-order valence-corrected chi connectivity index (χ2v) is 7.89. The third kappa shape index (κ3) is 3.71. The monoisotopic (exact) mass is 391 g/mol. The fourth-order valence-electron chi connectivity index (χ4n) is 3.12. The average molecular weight is 391 g/mol. The molecule has 0 aliphatic carbocycles. The first-order valence-electron chi connectivity index (χ1n) is 9.19. The van der Waals surface area contributed by atoms with Gasteiger partial charge in [-0.2, -0.15) is 10.1 Å². The van der Waals surface area contributed by atoms with Crippen molar-refractivity contribution in [2.75, 3.05) is 0 Å². The topological polar surface area (TPSA) is 122 Å². The summed E-state index contributed by atoms with van der Waals surface area (Å²) in [5.74, 6) is 0.749. The summed E-state index contributed by atoms with van der Waals surface area (Å²) in [6, 6.07) is 8.84. The molecule has 0 spiro atoms. The number of carbonyl (C=O) groups is 1. The van der Waals surface area contributed by atoms with Crippen LogP contribution in [0.2, 0.25) is 0 Å². The summed E-state index contributed by atoms with van der Waals surface area (Å²) in [6.07, 6.45) is 1.37. The zero-order valence-corrected chi connectivity index (χ0v) is 16.6. The predicted molar refractivity (Wildman–Crippen MR) is 106 cm³/mol. The quantitative estimate of drug-likeness (QED) is 0.547. The van der Waals surface area contributed by atoms with Crippen molar-refractivity contribution in [3.05, 3.63) is 53.8 Å². The molecule has 0 saturated heterocycles. The van der Waals surface area contributed by atoms with Crippen LogP contribution in [0.15, 0.2) is 41.2 Å². The molecule has 0 radical (unpaired) electrons. The molecule has 1 aromatic carbocycles. The minimum Gasteiger partial charge on any atom is -0.340 e. The molecular weight excluding hydrogens is 370 g/mol. The fourth-order valence-corrected chi connectivity index (χ4v) is 3.12. The van der Waals surface area contributed by atoms with E-state index in [1.807, 2.05) is 52.0 Å². The number of hydrogen-bond acceptors (Lipinski definition) is 7. The van der Waals surface area contributed by atoms with Crippen LogP contribution in [-0.4, -0.2) is 36.2 Å². The first-order valence-corrected chi connectivity index (χ1v) is 9.19. The highest BCUT2D eigenvalue weighted by Crippen LogP contribution is 2.33. The average Bonchev–Trinajstić information content (AvgIpc) is 3.35. The van der Waals surface area contributed by atoms with Gasteiger partial charge in [-0.25, -0.2) is 4.98 Å². The summed E-state index contributed by atoms with van der Waals surface area (Å²) in [5, 5.41) is 14.3. The number of nitrogens with zero attached hydrogens (tertiary/aromatic N) is 5. The van der Waals surface area contributed by atoms with Gasteiger partial charge in [0.2, 0.25) is 11.7 Å². The molecule has 4 aromatic rings. The van der Waals surface area contributed by atoms with Crippen LogP contribution in [0.1, 0.15) is 48.8 Å². The molecular formula is C20H21N7O2. The minimum atomic E-state index is -0.508. The summed E-state index contributed by atoms with van der Waals surface area (Å²) in [5.41, 5.74) is 1.72. The lowest BCUT2D eigenvalue weighted by molar-refractivity contribution is 0.0882. The highest BCUT2D eigenvalue weighted by molar-refractivity contribution is 6.06. The number of amides is 1. The molecule has 0 fully saturated rings. The van der Waals surface area contributed by atoms with Crippen molar-refractivity contribution in [1.29, 1.82) is 0 Å². The molecule has 29 heavy (non-hydrogen) atoms. The summed E-state index contributed by atoms with van der Waals surface area (Å²) < 4.78 is 5.45. The SMILES string of the molecule is Cc1cc(C(=O)N[C@H](c2nc(-c3ncn[nH]3)no2)C(C)(C)C)c2ccccc2n1. The van der Waals surface area contributed by atoms with Crippen molar-refractivity contribution >= 4 is 16.8 Å². The molecule has 0 bridgehead atoms. The van der Waals surface area contributed by atoms with Gasteiger partial charge in [-0.05, 0) is 24.5 Å². The Morgan fingerprint density at radius 2 is 2.00 bits per heavy atom. The first kappa shape index (κ1) is 18.7. The van der Waals surface area contributed by atoms with Crippen LogP contribution in [0, 0.1) is 12.3 Å². The van der Waals surface area contributed by atoms with Crippen molar-refractivity contribution < 1.29 is 9.32 Å². The molecule has 1 amide bonds. The van der Waals surface area contributed by atoms with E-state index < -0.39 is 6.04 Å². The summed E-state index contributed by atoms with van der Waals surface area (Å²) >= 11 is 0. The van der Waals surface area contributed by atoms with E-state index in [1.54, 1.807) is 6.07 Å². The standard InChI is InChI=1S/C20H21N7O2/c1-11-9-13(12-7-5-6-8-14(12)23-11)18(28)24-15(20(2,3)4)19-25-17(27-29-19)16-21-10-22-26-16/h5-10,15H,1-4H3,(H,24,28)(H,21,22,26)/t15-/m1/s1.